The lowest BCUT2D eigenvalue weighted by atomic mass is 10.0. The fourth-order valence-electron chi connectivity index (χ4n) is 1.06. The van der Waals surface area contributed by atoms with Gasteiger partial charge in [0, 0.05) is 11.3 Å². The van der Waals surface area contributed by atoms with Gasteiger partial charge in [0.15, 0.2) is 5.17 Å². The molecule has 0 aromatic carbocycles. The number of nitrogens with two attached hydrogens (primary N) is 1. The molecule has 5 heteroatoms. The fourth-order valence-corrected chi connectivity index (χ4v) is 2.34. The van der Waals surface area contributed by atoms with E-state index in [0.717, 1.165) is 17.3 Å². The van der Waals surface area contributed by atoms with Gasteiger partial charge in [-0.15, -0.1) is 0 Å². The van der Waals surface area contributed by atoms with Crippen LogP contribution in [-0.2, 0) is 4.79 Å². The van der Waals surface area contributed by atoms with Crippen LogP contribution in [0.4, 0.5) is 0 Å². The number of primary amides is 1. The molecule has 1 amide bonds. The van der Waals surface area contributed by atoms with Gasteiger partial charge in [0.2, 0.25) is 5.91 Å². The Bertz CT molecular complexity index is 267. The lowest BCUT2D eigenvalue weighted by molar-refractivity contribution is -0.118. The van der Waals surface area contributed by atoms with E-state index in [0.29, 0.717) is 0 Å². The van der Waals surface area contributed by atoms with E-state index in [2.05, 4.69) is 24.2 Å². The van der Waals surface area contributed by atoms with Crippen LogP contribution >= 0.6 is 11.8 Å². The molecule has 1 fully saturated rings. The average molecular weight is 215 g/mol. The second-order valence-corrected chi connectivity index (χ2v) is 4.80. The van der Waals surface area contributed by atoms with Crippen molar-refractivity contribution in [2.75, 3.05) is 5.75 Å². The summed E-state index contributed by atoms with van der Waals surface area (Å²) < 4.78 is 0. The van der Waals surface area contributed by atoms with Crippen molar-refractivity contribution in [2.45, 2.75) is 38.8 Å². The van der Waals surface area contributed by atoms with Crippen LogP contribution in [0.3, 0.4) is 0 Å². The number of nitrogens with zero attached hydrogens (tertiary/aromatic N) is 1. The van der Waals surface area contributed by atoms with Crippen molar-refractivity contribution < 1.29 is 4.79 Å². The standard InChI is InChI=1S/C9H17N3OS/c1-4-9(3)5-14-8(12-9)11-6(2)7(10)13/h6H,4-5H2,1-3H3,(H2,10,13)(H,11,12). The SMILES string of the molecule is CCC1(C)CSC(=NC(C)C(N)=O)N1. The molecular weight excluding hydrogens is 198 g/mol. The number of aliphatic imine (C=N–C) groups is 1. The second-order valence-electron chi connectivity index (χ2n) is 3.84. The summed E-state index contributed by atoms with van der Waals surface area (Å²) in [6.45, 7) is 5.99. The van der Waals surface area contributed by atoms with E-state index in [1.165, 1.54) is 0 Å². The van der Waals surface area contributed by atoms with Crippen LogP contribution in [0.5, 0.6) is 0 Å². The van der Waals surface area contributed by atoms with Gasteiger partial charge in [-0.2, -0.15) is 0 Å². The number of carbonyl (C=O) groups excluding carboxylic acids is 1. The van der Waals surface area contributed by atoms with E-state index in [9.17, 15) is 4.79 Å². The van der Waals surface area contributed by atoms with E-state index in [-0.39, 0.29) is 11.4 Å². The molecule has 0 aromatic heterocycles. The molecule has 0 spiro atoms. The fraction of sp³-hybridized carbons (Fsp3) is 0.778. The number of hydrogen-bond acceptors (Lipinski definition) is 3. The number of carbonyl (C=O) groups is 1. The molecule has 3 N–H and O–H groups in total. The first kappa shape index (κ1) is 11.4. The Morgan fingerprint density at radius 2 is 2.50 bits per heavy atom. The normalized spacial score (nSPS) is 31.5. The van der Waals surface area contributed by atoms with Gasteiger partial charge in [0.05, 0.1) is 0 Å². The number of rotatable bonds is 3. The van der Waals surface area contributed by atoms with Gasteiger partial charge < -0.3 is 11.1 Å². The van der Waals surface area contributed by atoms with Gasteiger partial charge in [0.1, 0.15) is 6.04 Å². The Balaban J connectivity index is 2.62. The zero-order valence-corrected chi connectivity index (χ0v) is 9.65. The van der Waals surface area contributed by atoms with Crippen LogP contribution < -0.4 is 11.1 Å². The lowest BCUT2D eigenvalue weighted by Crippen LogP contribution is -2.40. The maximum absolute atomic E-state index is 10.8. The van der Waals surface area contributed by atoms with E-state index in [1.807, 2.05) is 0 Å². The smallest absolute Gasteiger partial charge is 0.242 e. The maximum atomic E-state index is 10.8. The van der Waals surface area contributed by atoms with Crippen LogP contribution in [-0.4, -0.2) is 28.4 Å². The van der Waals surface area contributed by atoms with E-state index in [4.69, 9.17) is 5.73 Å². The third kappa shape index (κ3) is 2.64. The first-order chi connectivity index (χ1) is 6.47. The van der Waals surface area contributed by atoms with E-state index >= 15 is 0 Å². The molecule has 2 unspecified atom stereocenters. The topological polar surface area (TPSA) is 67.5 Å². The highest BCUT2D eigenvalue weighted by Crippen LogP contribution is 2.25. The molecular formula is C9H17N3OS. The number of amides is 1. The summed E-state index contributed by atoms with van der Waals surface area (Å²) >= 11 is 1.65. The molecule has 0 aliphatic carbocycles. The van der Waals surface area contributed by atoms with Crippen molar-refractivity contribution in [1.82, 2.24) is 5.32 Å². The van der Waals surface area contributed by atoms with Gasteiger partial charge in [0.25, 0.3) is 0 Å². The number of thioether (sulfide) groups is 1. The Kier molecular flexibility index (Phi) is 3.42. The molecule has 4 nitrogen and oxygen atoms in total. The molecule has 0 saturated carbocycles. The summed E-state index contributed by atoms with van der Waals surface area (Å²) in [5.41, 5.74) is 5.24. The van der Waals surface area contributed by atoms with Crippen LogP contribution in [0.1, 0.15) is 27.2 Å². The van der Waals surface area contributed by atoms with Crippen molar-refractivity contribution in [3.05, 3.63) is 0 Å². The van der Waals surface area contributed by atoms with Gasteiger partial charge in [-0.3, -0.25) is 4.79 Å². The third-order valence-electron chi connectivity index (χ3n) is 2.44. The van der Waals surface area contributed by atoms with Gasteiger partial charge in [-0.1, -0.05) is 18.7 Å². The van der Waals surface area contributed by atoms with Crippen molar-refractivity contribution in [2.24, 2.45) is 10.7 Å². The number of amidine groups is 1. The first-order valence-corrected chi connectivity index (χ1v) is 5.73. The van der Waals surface area contributed by atoms with E-state index < -0.39 is 6.04 Å². The highest BCUT2D eigenvalue weighted by atomic mass is 32.2. The Labute approximate surface area is 88.7 Å². The lowest BCUT2D eigenvalue weighted by Gasteiger charge is -2.20. The minimum atomic E-state index is -0.441. The predicted molar refractivity (Wildman–Crippen MR) is 60.4 cm³/mol. The van der Waals surface area contributed by atoms with Crippen LogP contribution in [0.15, 0.2) is 4.99 Å². The second kappa shape index (κ2) is 4.21. The molecule has 1 heterocycles. The van der Waals surface area contributed by atoms with Crippen molar-refractivity contribution in [3.63, 3.8) is 0 Å². The minimum Gasteiger partial charge on any atom is -0.368 e. The molecule has 1 saturated heterocycles. The Hall–Kier alpha value is -0.710. The maximum Gasteiger partial charge on any atom is 0.242 e. The van der Waals surface area contributed by atoms with Gasteiger partial charge in [-0.05, 0) is 20.3 Å². The largest absolute Gasteiger partial charge is 0.368 e. The quantitative estimate of drug-likeness (QED) is 0.729. The zero-order chi connectivity index (χ0) is 10.8. The summed E-state index contributed by atoms with van der Waals surface area (Å²) in [5.74, 6) is 0.610. The van der Waals surface area contributed by atoms with Crippen molar-refractivity contribution in [3.8, 4) is 0 Å². The average Bonchev–Trinajstić information content (AvgIpc) is 2.48. The summed E-state index contributed by atoms with van der Waals surface area (Å²) in [6, 6.07) is -0.441. The van der Waals surface area contributed by atoms with Crippen LogP contribution in [0, 0.1) is 0 Å². The molecule has 1 aliphatic heterocycles. The Morgan fingerprint density at radius 1 is 1.86 bits per heavy atom. The van der Waals surface area contributed by atoms with Gasteiger partial charge in [-0.25, -0.2) is 4.99 Å². The van der Waals surface area contributed by atoms with Crippen LogP contribution in [0.2, 0.25) is 0 Å². The van der Waals surface area contributed by atoms with Gasteiger partial charge >= 0.3 is 0 Å². The molecule has 80 valence electrons. The molecule has 1 aliphatic rings. The Morgan fingerprint density at radius 3 is 2.93 bits per heavy atom. The highest BCUT2D eigenvalue weighted by Gasteiger charge is 2.30. The monoisotopic (exact) mass is 215 g/mol. The van der Waals surface area contributed by atoms with Crippen molar-refractivity contribution in [1.29, 1.82) is 0 Å². The molecule has 0 aromatic rings. The van der Waals surface area contributed by atoms with Crippen molar-refractivity contribution >= 4 is 22.8 Å². The number of nitrogens with one attached hydrogen (secondary N) is 1. The summed E-state index contributed by atoms with van der Waals surface area (Å²) in [6.07, 6.45) is 1.05. The molecule has 1 rings (SSSR count). The number of hydrogen-bond donors (Lipinski definition) is 2. The van der Waals surface area contributed by atoms with E-state index in [1.54, 1.807) is 18.7 Å². The summed E-state index contributed by atoms with van der Waals surface area (Å²) in [7, 11) is 0. The first-order valence-electron chi connectivity index (χ1n) is 4.75. The predicted octanol–water partition coefficient (Wildman–Crippen LogP) is 0.721. The zero-order valence-electron chi connectivity index (χ0n) is 8.83. The third-order valence-corrected chi connectivity index (χ3v) is 3.70. The summed E-state index contributed by atoms with van der Waals surface area (Å²) in [5, 5.41) is 4.14. The van der Waals surface area contributed by atoms with Crippen LogP contribution in [0.25, 0.3) is 0 Å². The molecule has 2 atom stereocenters. The molecule has 0 bridgehead atoms. The minimum absolute atomic E-state index is 0.112. The molecule has 14 heavy (non-hydrogen) atoms. The highest BCUT2D eigenvalue weighted by molar-refractivity contribution is 8.14. The summed E-state index contributed by atoms with van der Waals surface area (Å²) in [4.78, 5) is 15.0. The molecule has 0 radical (unpaired) electrons.